The Balaban J connectivity index is 1.85. The van der Waals surface area contributed by atoms with Crippen LogP contribution in [0, 0.1) is 5.92 Å². The van der Waals surface area contributed by atoms with Crippen molar-refractivity contribution in [2.24, 2.45) is 5.92 Å². The average molecular weight is 336 g/mol. The molecule has 7 nitrogen and oxygen atoms in total. The van der Waals surface area contributed by atoms with Crippen LogP contribution in [0.3, 0.4) is 0 Å². The Bertz CT molecular complexity index is 552. The van der Waals surface area contributed by atoms with Gasteiger partial charge in [0.05, 0.1) is 12.9 Å². The van der Waals surface area contributed by atoms with E-state index in [-0.39, 0.29) is 43.5 Å². The molecule has 0 aromatic carbocycles. The number of carbonyl (C=O) groups excluding carboxylic acids is 3. The van der Waals surface area contributed by atoms with Gasteiger partial charge in [-0.1, -0.05) is 13.8 Å². The molecule has 24 heavy (non-hydrogen) atoms. The van der Waals surface area contributed by atoms with Gasteiger partial charge < -0.3 is 14.5 Å². The van der Waals surface area contributed by atoms with Crippen LogP contribution >= 0.6 is 0 Å². The van der Waals surface area contributed by atoms with Crippen LogP contribution < -0.4 is 5.32 Å². The third-order valence-corrected chi connectivity index (χ3v) is 3.67. The molecular weight excluding hydrogens is 312 g/mol. The number of hydrogen-bond acceptors (Lipinski definition) is 5. The first-order chi connectivity index (χ1) is 11.5. The van der Waals surface area contributed by atoms with Crippen LogP contribution in [-0.4, -0.2) is 42.4 Å². The molecule has 1 saturated heterocycles. The van der Waals surface area contributed by atoms with Crippen LogP contribution in [0.15, 0.2) is 22.8 Å². The predicted octanol–water partition coefficient (Wildman–Crippen LogP) is 1.65. The minimum Gasteiger partial charge on any atom is -0.467 e. The van der Waals surface area contributed by atoms with Gasteiger partial charge in [0.25, 0.3) is 0 Å². The number of likely N-dealkylation sites (tertiary alicyclic amines) is 1. The summed E-state index contributed by atoms with van der Waals surface area (Å²) in [6.07, 6.45) is 2.08. The minimum absolute atomic E-state index is 0.0683. The van der Waals surface area contributed by atoms with Gasteiger partial charge in [0, 0.05) is 32.4 Å². The molecule has 2 heterocycles. The number of nitrogens with zero attached hydrogens (tertiary/aromatic N) is 1. The number of ether oxygens (including phenoxy) is 1. The monoisotopic (exact) mass is 336 g/mol. The lowest BCUT2D eigenvalue weighted by Crippen LogP contribution is -2.36. The Hall–Kier alpha value is -2.15. The highest BCUT2D eigenvalue weighted by atomic mass is 16.5. The molecule has 1 atom stereocenters. The zero-order chi connectivity index (χ0) is 17.5. The van der Waals surface area contributed by atoms with Gasteiger partial charge >= 0.3 is 0 Å². The summed E-state index contributed by atoms with van der Waals surface area (Å²) in [7, 11) is 0. The quantitative estimate of drug-likeness (QED) is 0.693. The summed E-state index contributed by atoms with van der Waals surface area (Å²) >= 11 is 0. The van der Waals surface area contributed by atoms with Gasteiger partial charge in [-0.2, -0.15) is 0 Å². The fraction of sp³-hybridized carbons (Fsp3) is 0.588. The van der Waals surface area contributed by atoms with Crippen molar-refractivity contribution < 1.29 is 23.5 Å². The lowest BCUT2D eigenvalue weighted by molar-refractivity contribution is -0.138. The van der Waals surface area contributed by atoms with Crippen molar-refractivity contribution in [2.45, 2.75) is 39.2 Å². The largest absolute Gasteiger partial charge is 0.467 e. The van der Waals surface area contributed by atoms with Gasteiger partial charge in [-0.05, 0) is 18.1 Å². The predicted molar refractivity (Wildman–Crippen MR) is 85.8 cm³/mol. The summed E-state index contributed by atoms with van der Waals surface area (Å²) in [6.45, 7) is 5.10. The third-order valence-electron chi connectivity index (χ3n) is 3.67. The summed E-state index contributed by atoms with van der Waals surface area (Å²) in [5.74, 6) is 0.328. The molecule has 1 aliphatic heterocycles. The van der Waals surface area contributed by atoms with Gasteiger partial charge in [-0.3, -0.25) is 19.3 Å². The van der Waals surface area contributed by atoms with Crippen molar-refractivity contribution >= 4 is 17.7 Å². The Kier molecular flexibility index (Phi) is 6.54. The Labute approximate surface area is 141 Å². The summed E-state index contributed by atoms with van der Waals surface area (Å²) in [6, 6.07) is 3.13. The number of rotatable bonds is 9. The van der Waals surface area contributed by atoms with Crippen molar-refractivity contribution in [1.82, 2.24) is 10.2 Å². The summed E-state index contributed by atoms with van der Waals surface area (Å²) < 4.78 is 11.0. The highest BCUT2D eigenvalue weighted by Crippen LogP contribution is 2.16. The topological polar surface area (TPSA) is 88.9 Å². The number of furan rings is 1. The molecule has 0 saturated carbocycles. The molecule has 1 aliphatic rings. The molecule has 3 amide bonds. The maximum Gasteiger partial charge on any atom is 0.229 e. The molecule has 0 unspecified atom stereocenters. The lowest BCUT2D eigenvalue weighted by Gasteiger charge is -2.19. The fourth-order valence-electron chi connectivity index (χ4n) is 2.46. The molecule has 0 bridgehead atoms. The number of hydrogen-bond donors (Lipinski definition) is 1. The second-order valence-electron chi connectivity index (χ2n) is 6.26. The van der Waals surface area contributed by atoms with E-state index >= 15 is 0 Å². The molecule has 1 aromatic heterocycles. The van der Waals surface area contributed by atoms with Gasteiger partial charge in [0.1, 0.15) is 11.8 Å². The molecule has 0 radical (unpaired) electrons. The summed E-state index contributed by atoms with van der Waals surface area (Å²) in [5, 5.41) is 2.84. The average Bonchev–Trinajstić information content (AvgIpc) is 3.15. The second-order valence-corrected chi connectivity index (χ2v) is 6.26. The van der Waals surface area contributed by atoms with Gasteiger partial charge in [0.15, 0.2) is 0 Å². The van der Waals surface area contributed by atoms with Crippen LogP contribution in [0.5, 0.6) is 0 Å². The molecule has 7 heteroatoms. The van der Waals surface area contributed by atoms with Crippen molar-refractivity contribution in [3.8, 4) is 0 Å². The number of nitrogens with one attached hydrogen (secondary N) is 1. The molecule has 0 spiro atoms. The van der Waals surface area contributed by atoms with Crippen molar-refractivity contribution in [3.63, 3.8) is 0 Å². The van der Waals surface area contributed by atoms with E-state index in [1.54, 1.807) is 18.4 Å². The highest BCUT2D eigenvalue weighted by Gasteiger charge is 2.29. The van der Waals surface area contributed by atoms with E-state index in [1.165, 1.54) is 0 Å². The Morgan fingerprint density at radius 2 is 2.00 bits per heavy atom. The number of imide groups is 1. The van der Waals surface area contributed by atoms with Crippen LogP contribution in [0.25, 0.3) is 0 Å². The third kappa shape index (κ3) is 5.19. The molecular formula is C17H24N2O5. The minimum atomic E-state index is -0.392. The van der Waals surface area contributed by atoms with Gasteiger partial charge in [-0.15, -0.1) is 0 Å². The smallest absolute Gasteiger partial charge is 0.229 e. The lowest BCUT2D eigenvalue weighted by atomic mass is 10.2. The molecule has 0 aliphatic carbocycles. The van der Waals surface area contributed by atoms with Crippen LogP contribution in [0.1, 0.15) is 44.9 Å². The van der Waals surface area contributed by atoms with E-state index in [2.05, 4.69) is 5.32 Å². The number of carbonyl (C=O) groups is 3. The van der Waals surface area contributed by atoms with Crippen LogP contribution in [0.4, 0.5) is 0 Å². The maximum atomic E-state index is 12.2. The molecule has 1 fully saturated rings. The van der Waals surface area contributed by atoms with E-state index in [1.807, 2.05) is 13.8 Å². The Morgan fingerprint density at radius 1 is 1.29 bits per heavy atom. The normalized spacial score (nSPS) is 16.0. The molecule has 1 N–H and O–H groups in total. The van der Waals surface area contributed by atoms with E-state index in [0.29, 0.717) is 24.9 Å². The van der Waals surface area contributed by atoms with E-state index < -0.39 is 6.04 Å². The first-order valence-corrected chi connectivity index (χ1v) is 8.21. The van der Waals surface area contributed by atoms with Gasteiger partial charge in [-0.25, -0.2) is 0 Å². The summed E-state index contributed by atoms with van der Waals surface area (Å²) in [4.78, 5) is 36.4. The standard InChI is InChI=1S/C17H24N2O5/c1-12(2)10-23-11-13(14-4-3-9-24-14)18-15(20)7-8-19-16(21)5-6-17(19)22/h3-4,9,12-13H,5-8,10-11H2,1-2H3,(H,18,20)/t13-/m0/s1. The number of amides is 3. The summed E-state index contributed by atoms with van der Waals surface area (Å²) in [5.41, 5.74) is 0. The first-order valence-electron chi connectivity index (χ1n) is 8.21. The second kappa shape index (κ2) is 8.63. The molecule has 2 rings (SSSR count). The van der Waals surface area contributed by atoms with Crippen LogP contribution in [0.2, 0.25) is 0 Å². The van der Waals surface area contributed by atoms with E-state index in [4.69, 9.17) is 9.15 Å². The molecule has 1 aromatic rings. The Morgan fingerprint density at radius 3 is 2.58 bits per heavy atom. The van der Waals surface area contributed by atoms with E-state index in [9.17, 15) is 14.4 Å². The zero-order valence-electron chi connectivity index (χ0n) is 14.1. The van der Waals surface area contributed by atoms with Crippen molar-refractivity contribution in [3.05, 3.63) is 24.2 Å². The van der Waals surface area contributed by atoms with Crippen molar-refractivity contribution in [2.75, 3.05) is 19.8 Å². The highest BCUT2D eigenvalue weighted by molar-refractivity contribution is 6.02. The van der Waals surface area contributed by atoms with Gasteiger partial charge in [0.2, 0.25) is 17.7 Å². The molecule has 132 valence electrons. The van der Waals surface area contributed by atoms with E-state index in [0.717, 1.165) is 4.90 Å². The van der Waals surface area contributed by atoms with Crippen molar-refractivity contribution in [1.29, 1.82) is 0 Å². The fourth-order valence-corrected chi connectivity index (χ4v) is 2.46. The SMILES string of the molecule is CC(C)COC[C@H](NC(=O)CCN1C(=O)CCC1=O)c1ccco1. The maximum absolute atomic E-state index is 12.2. The first kappa shape index (κ1) is 18.2. The van der Waals surface area contributed by atoms with Crippen LogP contribution in [-0.2, 0) is 19.1 Å². The zero-order valence-corrected chi connectivity index (χ0v) is 14.1.